The molecule has 2 unspecified atom stereocenters. The molecule has 1 amide bonds. The predicted molar refractivity (Wildman–Crippen MR) is 261 cm³/mol. The second-order valence-electron chi connectivity index (χ2n) is 17.2. The zero-order valence-corrected chi connectivity index (χ0v) is 39.2. The quantitative estimate of drug-likeness (QED) is 0.0347. The highest BCUT2D eigenvalue weighted by atomic mass is 35.5. The van der Waals surface area contributed by atoms with Crippen molar-refractivity contribution in [2.24, 2.45) is 5.92 Å². The highest BCUT2D eigenvalue weighted by molar-refractivity contribution is 6.35. The lowest BCUT2D eigenvalue weighted by Gasteiger charge is -2.36. The van der Waals surface area contributed by atoms with Crippen molar-refractivity contribution in [3.63, 3.8) is 0 Å². The SMILES string of the molecule is O=C(NC(CCOC(c1ccccc1)(c1ccccc1)c1ccccc1)C(=O)OC(Cc1c(Cl)c[n+]([O-])cc1Cl)c1ccc(OC(F)F)c(OCC2CC2)c1)OCC1c2ccccc2-c2ccccc21. The number of esters is 1. The number of amides is 1. The number of nitrogens with one attached hydrogen (secondary N) is 1. The number of carbonyl (C=O) groups is 2. The van der Waals surface area contributed by atoms with Crippen LogP contribution in [0.2, 0.25) is 10.0 Å². The summed E-state index contributed by atoms with van der Waals surface area (Å²) in [5.41, 5.74) is 6.00. The Labute approximate surface area is 414 Å². The Balaban J connectivity index is 1.05. The fraction of sp³-hybridized carbons (Fsp3) is 0.232. The van der Waals surface area contributed by atoms with Crippen molar-refractivity contribution in [1.29, 1.82) is 0 Å². The van der Waals surface area contributed by atoms with E-state index in [-0.39, 0.29) is 71.6 Å². The molecule has 0 radical (unpaired) electrons. The third-order valence-corrected chi connectivity index (χ3v) is 13.3. The lowest BCUT2D eigenvalue weighted by atomic mass is 9.80. The Morgan fingerprint density at radius 1 is 0.714 bits per heavy atom. The molecule has 2 aliphatic carbocycles. The van der Waals surface area contributed by atoms with Gasteiger partial charge in [-0.1, -0.05) is 169 Å². The fourth-order valence-electron chi connectivity index (χ4n) is 9.01. The summed E-state index contributed by atoms with van der Waals surface area (Å²) in [6.45, 7) is -3.00. The maximum Gasteiger partial charge on any atom is 0.407 e. The normalized spacial score (nSPS) is 14.0. The number of alkyl halides is 2. The van der Waals surface area contributed by atoms with Crippen molar-refractivity contribution in [2.75, 3.05) is 19.8 Å². The summed E-state index contributed by atoms with van der Waals surface area (Å²) >= 11 is 13.2. The number of nitrogens with zero attached hydrogens (tertiary/aromatic N) is 1. The number of carbonyl (C=O) groups excluding carboxylic acids is 2. The summed E-state index contributed by atoms with van der Waals surface area (Å²) in [7, 11) is 0. The van der Waals surface area contributed by atoms with E-state index in [1.807, 2.05) is 140 Å². The van der Waals surface area contributed by atoms with E-state index in [1.165, 1.54) is 18.2 Å². The smallest absolute Gasteiger partial charge is 0.407 e. The van der Waals surface area contributed by atoms with Crippen molar-refractivity contribution in [3.8, 4) is 22.6 Å². The molecule has 7 aromatic rings. The lowest BCUT2D eigenvalue weighted by Crippen LogP contribution is -2.44. The number of pyridine rings is 1. The Morgan fingerprint density at radius 2 is 1.26 bits per heavy atom. The number of hydrogen-bond donors (Lipinski definition) is 1. The average Bonchev–Trinajstić information content (AvgIpc) is 4.15. The van der Waals surface area contributed by atoms with E-state index in [4.69, 9.17) is 46.9 Å². The van der Waals surface area contributed by atoms with Gasteiger partial charge in [0.2, 0.25) is 0 Å². The summed E-state index contributed by atoms with van der Waals surface area (Å²) in [4.78, 5) is 29.0. The van der Waals surface area contributed by atoms with Crippen molar-refractivity contribution >= 4 is 35.3 Å². The van der Waals surface area contributed by atoms with E-state index in [1.54, 1.807) is 0 Å². The molecular weight excluding hydrogens is 938 g/mol. The summed E-state index contributed by atoms with van der Waals surface area (Å²) in [5.74, 6) is -1.09. The van der Waals surface area contributed by atoms with Crippen LogP contribution in [0.15, 0.2) is 170 Å². The number of aromatic nitrogens is 1. The summed E-state index contributed by atoms with van der Waals surface area (Å²) < 4.78 is 57.9. The largest absolute Gasteiger partial charge is 0.619 e. The maximum absolute atomic E-state index is 14.9. The third kappa shape index (κ3) is 10.9. The van der Waals surface area contributed by atoms with Crippen LogP contribution in [0.4, 0.5) is 13.6 Å². The Bertz CT molecular complexity index is 2760. The van der Waals surface area contributed by atoms with Crippen molar-refractivity contribution in [1.82, 2.24) is 5.32 Å². The van der Waals surface area contributed by atoms with Crippen molar-refractivity contribution < 1.29 is 46.8 Å². The van der Waals surface area contributed by atoms with E-state index in [0.29, 0.717) is 10.3 Å². The van der Waals surface area contributed by atoms with Crippen LogP contribution < -0.4 is 19.5 Å². The molecule has 2 aliphatic rings. The molecule has 6 aromatic carbocycles. The molecule has 358 valence electrons. The molecule has 0 saturated heterocycles. The second-order valence-corrected chi connectivity index (χ2v) is 18.0. The molecule has 1 heterocycles. The zero-order chi connectivity index (χ0) is 48.6. The first kappa shape index (κ1) is 48.1. The van der Waals surface area contributed by atoms with Gasteiger partial charge in [0.05, 0.1) is 13.2 Å². The van der Waals surface area contributed by atoms with Crippen molar-refractivity contribution in [3.05, 3.63) is 224 Å². The molecule has 0 bridgehead atoms. The maximum atomic E-state index is 14.9. The predicted octanol–water partition coefficient (Wildman–Crippen LogP) is 12.2. The monoisotopic (exact) mass is 984 g/mol. The van der Waals surface area contributed by atoms with Gasteiger partial charge < -0.3 is 34.2 Å². The highest BCUT2D eigenvalue weighted by Crippen LogP contribution is 2.45. The van der Waals surface area contributed by atoms with Crippen LogP contribution in [-0.2, 0) is 31.0 Å². The topological polar surface area (TPSA) is 119 Å². The van der Waals surface area contributed by atoms with Crippen LogP contribution in [0, 0.1) is 11.1 Å². The number of ether oxygens (including phenoxy) is 5. The Kier molecular flexibility index (Phi) is 14.9. The summed E-state index contributed by atoms with van der Waals surface area (Å²) in [6, 6.07) is 47.9. The minimum absolute atomic E-state index is 0.00722. The fourth-order valence-corrected chi connectivity index (χ4v) is 9.61. The number of halogens is 4. The van der Waals surface area contributed by atoms with Gasteiger partial charge in [-0.15, -0.1) is 0 Å². The van der Waals surface area contributed by atoms with Crippen LogP contribution >= 0.6 is 23.2 Å². The summed E-state index contributed by atoms with van der Waals surface area (Å²) in [5, 5.41) is 15.1. The van der Waals surface area contributed by atoms with Gasteiger partial charge >= 0.3 is 18.7 Å². The number of rotatable bonds is 20. The van der Waals surface area contributed by atoms with Crippen LogP contribution in [0.1, 0.15) is 70.2 Å². The first-order chi connectivity index (χ1) is 34.1. The van der Waals surface area contributed by atoms with E-state index in [2.05, 4.69) is 5.32 Å². The molecule has 1 fully saturated rings. The molecule has 1 N–H and O–H groups in total. The van der Waals surface area contributed by atoms with E-state index < -0.39 is 36.4 Å². The van der Waals surface area contributed by atoms with Gasteiger partial charge in [0.1, 0.15) is 34.4 Å². The highest BCUT2D eigenvalue weighted by Gasteiger charge is 2.39. The Morgan fingerprint density at radius 3 is 1.80 bits per heavy atom. The van der Waals surface area contributed by atoms with Crippen LogP contribution in [0.3, 0.4) is 0 Å². The average molecular weight is 986 g/mol. The minimum atomic E-state index is -3.14. The number of alkyl carbamates (subject to hydrolysis) is 1. The molecule has 0 spiro atoms. The first-order valence-corrected chi connectivity index (χ1v) is 23.7. The van der Waals surface area contributed by atoms with Crippen molar-refractivity contribution in [2.45, 2.75) is 56.0 Å². The van der Waals surface area contributed by atoms with E-state index >= 15 is 0 Å². The van der Waals surface area contributed by atoms with Gasteiger partial charge in [-0.2, -0.15) is 13.5 Å². The molecule has 2 atom stereocenters. The second kappa shape index (κ2) is 21.8. The standard InChI is InChI=1S/C56H48Cl2F2N2O8/c57-47-32-62(65)33-48(58)45(47)31-51(37-26-27-50(70-54(59)60)52(30-37)66-34-36-24-25-36)69-53(63)49(61-55(64)67-35-46-43-22-12-10-20-41(43)42-21-11-13-23-44(42)46)28-29-68-56(38-14-4-1-5-15-38,39-16-6-2-7-17-39)40-18-8-3-9-19-40/h1-23,26-27,30,32-33,36,46,49,51,54H,24-25,28-29,31,34-35H2,(H,61,64). The van der Waals surface area contributed by atoms with Gasteiger partial charge in [-0.3, -0.25) is 0 Å². The molecule has 9 rings (SSSR count). The molecule has 0 aliphatic heterocycles. The molecular formula is C56H48Cl2F2N2O8. The molecule has 14 heteroatoms. The van der Waals surface area contributed by atoms with Crippen LogP contribution in [-0.4, -0.2) is 44.5 Å². The Hall–Kier alpha value is -6.99. The molecule has 70 heavy (non-hydrogen) atoms. The van der Waals surface area contributed by atoms with Gasteiger partial charge in [0, 0.05) is 24.3 Å². The van der Waals surface area contributed by atoms with Gasteiger partial charge in [0.15, 0.2) is 23.9 Å². The summed E-state index contributed by atoms with van der Waals surface area (Å²) in [6.07, 6.45) is 1.71. The van der Waals surface area contributed by atoms with Gasteiger partial charge in [0.25, 0.3) is 0 Å². The lowest BCUT2D eigenvalue weighted by molar-refractivity contribution is -0.605. The number of hydrogen-bond acceptors (Lipinski definition) is 8. The minimum Gasteiger partial charge on any atom is -0.619 e. The van der Waals surface area contributed by atoms with Crippen LogP contribution in [0.25, 0.3) is 11.1 Å². The van der Waals surface area contributed by atoms with Crippen LogP contribution in [0.5, 0.6) is 11.5 Å². The molecule has 10 nitrogen and oxygen atoms in total. The van der Waals surface area contributed by atoms with E-state index in [9.17, 15) is 23.6 Å². The molecule has 1 aromatic heterocycles. The van der Waals surface area contributed by atoms with Gasteiger partial charge in [-0.25, -0.2) is 9.59 Å². The van der Waals surface area contributed by atoms with E-state index in [0.717, 1.165) is 64.2 Å². The number of benzene rings is 6. The first-order valence-electron chi connectivity index (χ1n) is 23.0. The zero-order valence-electron chi connectivity index (χ0n) is 37.7. The third-order valence-electron chi connectivity index (χ3n) is 12.6. The number of fused-ring (bicyclic) bond motifs is 3. The molecule has 1 saturated carbocycles. The van der Waals surface area contributed by atoms with Gasteiger partial charge in [-0.05, 0) is 75.4 Å².